The van der Waals surface area contributed by atoms with E-state index in [1.807, 2.05) is 24.3 Å². The smallest absolute Gasteiger partial charge is 0.416 e. The van der Waals surface area contributed by atoms with Crippen molar-refractivity contribution in [3.63, 3.8) is 0 Å². The lowest BCUT2D eigenvalue weighted by Crippen LogP contribution is -2.50. The lowest BCUT2D eigenvalue weighted by atomic mass is 9.89. The Balaban J connectivity index is 1.19. The van der Waals surface area contributed by atoms with Crippen LogP contribution in [-0.4, -0.2) is 78.2 Å². The molecule has 0 aliphatic carbocycles. The molecule has 0 radical (unpaired) electrons. The Kier molecular flexibility index (Phi) is 8.91. The van der Waals surface area contributed by atoms with Gasteiger partial charge in [-0.25, -0.2) is 9.97 Å². The Morgan fingerprint density at radius 1 is 1.00 bits per heavy atom. The van der Waals surface area contributed by atoms with Crippen LogP contribution in [0.1, 0.15) is 41.9 Å². The summed E-state index contributed by atoms with van der Waals surface area (Å²) in [7, 11) is 1.60. The van der Waals surface area contributed by atoms with Gasteiger partial charge in [0.15, 0.2) is 11.5 Å². The largest absolute Gasteiger partial charge is 0.493 e. The zero-order valence-corrected chi connectivity index (χ0v) is 25.1. The number of alkyl halides is 3. The number of hydrogen-bond acceptors (Lipinski definition) is 7. The van der Waals surface area contributed by atoms with Crippen LogP contribution in [0.4, 0.5) is 13.2 Å². The van der Waals surface area contributed by atoms with Gasteiger partial charge < -0.3 is 20.1 Å². The van der Waals surface area contributed by atoms with Gasteiger partial charge in [0.1, 0.15) is 6.33 Å². The third kappa shape index (κ3) is 6.74. The summed E-state index contributed by atoms with van der Waals surface area (Å²) in [5, 5.41) is 0.771. The summed E-state index contributed by atoms with van der Waals surface area (Å²) in [6, 6.07) is 16.0. The minimum absolute atomic E-state index is 0.380. The first-order chi connectivity index (χ1) is 21.7. The first-order valence-electron chi connectivity index (χ1n) is 15.2. The monoisotopic (exact) mass is 619 g/mol. The molecule has 0 saturated carbocycles. The SMILES string of the molecule is COc1cc2ncnc(-c3ccc(C(C(N)=O)c4ccc(C(F)(F)F)cc4)cc3)c2cc1OCCCN1CCN2CCCC2C1. The van der Waals surface area contributed by atoms with Crippen molar-refractivity contribution < 1.29 is 27.4 Å². The van der Waals surface area contributed by atoms with E-state index in [1.165, 1.54) is 37.8 Å². The minimum Gasteiger partial charge on any atom is -0.493 e. The third-order valence-corrected chi connectivity index (χ3v) is 8.84. The van der Waals surface area contributed by atoms with Crippen molar-refractivity contribution in [2.24, 2.45) is 5.73 Å². The fourth-order valence-electron chi connectivity index (χ4n) is 6.51. The molecule has 11 heteroatoms. The second kappa shape index (κ2) is 13.0. The highest BCUT2D eigenvalue weighted by Crippen LogP contribution is 2.37. The lowest BCUT2D eigenvalue weighted by molar-refractivity contribution is -0.137. The number of ether oxygens (including phenoxy) is 2. The van der Waals surface area contributed by atoms with Gasteiger partial charge in [-0.3, -0.25) is 9.69 Å². The van der Waals surface area contributed by atoms with Gasteiger partial charge in [-0.05, 0) is 55.1 Å². The summed E-state index contributed by atoms with van der Waals surface area (Å²) < 4.78 is 51.0. The summed E-state index contributed by atoms with van der Waals surface area (Å²) in [5.41, 5.74) is 7.96. The molecule has 0 spiro atoms. The number of hydrogen-bond donors (Lipinski definition) is 1. The molecule has 2 atom stereocenters. The molecule has 2 unspecified atom stereocenters. The van der Waals surface area contributed by atoms with Crippen LogP contribution in [0.5, 0.6) is 11.5 Å². The third-order valence-electron chi connectivity index (χ3n) is 8.84. The Labute approximate surface area is 260 Å². The molecular weight excluding hydrogens is 583 g/mol. The van der Waals surface area contributed by atoms with E-state index >= 15 is 0 Å². The van der Waals surface area contributed by atoms with E-state index in [0.29, 0.717) is 46.5 Å². The van der Waals surface area contributed by atoms with E-state index in [2.05, 4.69) is 19.8 Å². The molecule has 2 saturated heterocycles. The highest BCUT2D eigenvalue weighted by Gasteiger charge is 2.31. The van der Waals surface area contributed by atoms with Gasteiger partial charge in [0.25, 0.3) is 0 Å². The summed E-state index contributed by atoms with van der Waals surface area (Å²) in [4.78, 5) is 26.5. The molecular formula is C34H36F3N5O3. The molecule has 0 bridgehead atoms. The van der Waals surface area contributed by atoms with Crippen molar-refractivity contribution in [3.8, 4) is 22.8 Å². The number of methoxy groups -OCH3 is 1. The fourth-order valence-corrected chi connectivity index (χ4v) is 6.51. The number of rotatable bonds is 10. The molecule has 1 aromatic heterocycles. The Bertz CT molecular complexity index is 1650. The summed E-state index contributed by atoms with van der Waals surface area (Å²) >= 11 is 0. The Hall–Kier alpha value is -4.22. The van der Waals surface area contributed by atoms with Crippen LogP contribution < -0.4 is 15.2 Å². The zero-order chi connectivity index (χ0) is 31.6. The topological polar surface area (TPSA) is 93.8 Å². The van der Waals surface area contributed by atoms with Crippen LogP contribution in [0.3, 0.4) is 0 Å². The van der Waals surface area contributed by atoms with Gasteiger partial charge in [0.2, 0.25) is 5.91 Å². The number of benzene rings is 3. The highest BCUT2D eigenvalue weighted by atomic mass is 19.4. The standard InChI is InChI=1S/C34H36F3N5O3/c1-44-29-19-28-27(18-30(29)45-17-3-13-41-15-16-42-14-2-4-26(42)20-41)32(40-21-39-28)24-7-5-22(6-8-24)31(33(38)43)23-9-11-25(12-10-23)34(35,36)37/h5-12,18-19,21,26,31H,2-4,13-17,20H2,1H3,(H2,38,43). The minimum atomic E-state index is -4.47. The first-order valence-corrected chi connectivity index (χ1v) is 15.2. The molecule has 45 heavy (non-hydrogen) atoms. The number of carbonyl (C=O) groups excluding carboxylic acids is 1. The Morgan fingerprint density at radius 2 is 1.73 bits per heavy atom. The van der Waals surface area contributed by atoms with E-state index in [0.717, 1.165) is 55.7 Å². The average Bonchev–Trinajstić information content (AvgIpc) is 3.51. The number of piperazine rings is 1. The number of aromatic nitrogens is 2. The molecule has 2 aliphatic rings. The van der Waals surface area contributed by atoms with Crippen molar-refractivity contribution in [2.45, 2.75) is 37.4 Å². The molecule has 1 amide bonds. The van der Waals surface area contributed by atoms with E-state index in [4.69, 9.17) is 15.2 Å². The van der Waals surface area contributed by atoms with Gasteiger partial charge in [-0.2, -0.15) is 13.2 Å². The molecule has 6 rings (SSSR count). The van der Waals surface area contributed by atoms with Crippen LogP contribution >= 0.6 is 0 Å². The van der Waals surface area contributed by atoms with Crippen LogP contribution in [-0.2, 0) is 11.0 Å². The summed E-state index contributed by atoms with van der Waals surface area (Å²) in [5.74, 6) is -0.378. The van der Waals surface area contributed by atoms with Crippen LogP contribution in [0, 0.1) is 0 Å². The highest BCUT2D eigenvalue weighted by molar-refractivity contribution is 5.94. The maximum atomic E-state index is 13.0. The number of nitrogens with zero attached hydrogens (tertiary/aromatic N) is 4. The normalized spacial score (nSPS) is 18.1. The van der Waals surface area contributed by atoms with Gasteiger partial charge in [-0.1, -0.05) is 36.4 Å². The van der Waals surface area contributed by atoms with Crippen molar-refractivity contribution in [3.05, 3.63) is 83.7 Å². The molecule has 3 heterocycles. The quantitative estimate of drug-likeness (QED) is 0.235. The van der Waals surface area contributed by atoms with E-state index < -0.39 is 23.6 Å². The van der Waals surface area contributed by atoms with Crippen molar-refractivity contribution in [2.75, 3.05) is 46.4 Å². The number of halogens is 3. The van der Waals surface area contributed by atoms with Gasteiger partial charge >= 0.3 is 6.18 Å². The number of nitrogens with two attached hydrogens (primary N) is 1. The molecule has 2 N–H and O–H groups in total. The van der Waals surface area contributed by atoms with E-state index in [-0.39, 0.29) is 0 Å². The molecule has 4 aromatic rings. The first kappa shape index (κ1) is 30.8. The van der Waals surface area contributed by atoms with Gasteiger partial charge in [0, 0.05) is 49.2 Å². The fraction of sp³-hybridized carbons (Fsp3) is 0.382. The number of carbonyl (C=O) groups is 1. The molecule has 236 valence electrons. The van der Waals surface area contributed by atoms with Crippen LogP contribution in [0.2, 0.25) is 0 Å². The summed E-state index contributed by atoms with van der Waals surface area (Å²) in [6.07, 6.45) is 0.495. The second-order valence-corrected chi connectivity index (χ2v) is 11.7. The Morgan fingerprint density at radius 3 is 2.42 bits per heavy atom. The maximum Gasteiger partial charge on any atom is 0.416 e. The predicted octanol–water partition coefficient (Wildman–Crippen LogP) is 5.49. The number of amides is 1. The molecule has 3 aromatic carbocycles. The maximum absolute atomic E-state index is 13.0. The van der Waals surface area contributed by atoms with Crippen molar-refractivity contribution in [1.82, 2.24) is 19.8 Å². The van der Waals surface area contributed by atoms with Crippen LogP contribution in [0.15, 0.2) is 67.0 Å². The summed E-state index contributed by atoms with van der Waals surface area (Å²) in [6.45, 7) is 6.13. The lowest BCUT2D eigenvalue weighted by Gasteiger charge is -2.37. The number of fused-ring (bicyclic) bond motifs is 2. The van der Waals surface area contributed by atoms with Gasteiger partial charge in [-0.15, -0.1) is 0 Å². The van der Waals surface area contributed by atoms with E-state index in [1.54, 1.807) is 19.2 Å². The molecule has 2 aliphatic heterocycles. The predicted molar refractivity (Wildman–Crippen MR) is 165 cm³/mol. The van der Waals surface area contributed by atoms with Crippen molar-refractivity contribution >= 4 is 16.8 Å². The van der Waals surface area contributed by atoms with Crippen LogP contribution in [0.25, 0.3) is 22.2 Å². The van der Waals surface area contributed by atoms with Gasteiger partial charge in [0.05, 0.1) is 36.4 Å². The number of primary amides is 1. The van der Waals surface area contributed by atoms with E-state index in [9.17, 15) is 18.0 Å². The second-order valence-electron chi connectivity index (χ2n) is 11.7. The van der Waals surface area contributed by atoms with Crippen molar-refractivity contribution in [1.29, 1.82) is 0 Å². The zero-order valence-electron chi connectivity index (χ0n) is 25.1. The molecule has 8 nitrogen and oxygen atoms in total. The molecule has 2 fully saturated rings. The average molecular weight is 620 g/mol.